The number of nitrogens with zero attached hydrogens (tertiary/aromatic N) is 4. The number of thioether (sulfide) groups is 1. The Morgan fingerprint density at radius 2 is 2.06 bits per heavy atom. The molecule has 0 radical (unpaired) electrons. The Morgan fingerprint density at radius 3 is 2.79 bits per heavy atom. The highest BCUT2D eigenvalue weighted by atomic mass is 32.2. The van der Waals surface area contributed by atoms with Crippen molar-refractivity contribution in [3.8, 4) is 5.69 Å². The highest BCUT2D eigenvalue weighted by Gasteiger charge is 2.30. The van der Waals surface area contributed by atoms with E-state index in [9.17, 15) is 4.79 Å². The molecule has 4 heterocycles. The van der Waals surface area contributed by atoms with E-state index in [1.54, 1.807) is 27.7 Å². The Kier molecular flexibility index (Phi) is 6.09. The molecule has 6 nitrogen and oxygen atoms in total. The van der Waals surface area contributed by atoms with Crippen molar-refractivity contribution in [2.45, 2.75) is 65.3 Å². The number of rotatable bonds is 6. The van der Waals surface area contributed by atoms with E-state index in [1.807, 2.05) is 31.2 Å². The standard InChI is InChI=1S/C25H30N4O2S2/c1-14(2)9-10-32-25-27-26-24-28(17-8-6-7-16(5)11-17)22(30)21-18-12-19(15(3)4)31-13-20(18)33-23(21)29(24)25/h6-8,11,14-15,19H,9-10,12-13H2,1-5H3/t19-/m1/s1. The molecule has 0 fully saturated rings. The van der Waals surface area contributed by atoms with E-state index < -0.39 is 0 Å². The van der Waals surface area contributed by atoms with Crippen LogP contribution in [0.1, 0.15) is 50.1 Å². The minimum absolute atomic E-state index is 0.0175. The number of hydrogen-bond donors (Lipinski definition) is 0. The SMILES string of the molecule is Cc1cccc(-n2c(=O)c3c4c(sc3n3c(SCCC(C)C)nnc23)CO[C@@H](C(C)C)C4)c1. The second-order valence-electron chi connectivity index (χ2n) is 9.61. The van der Waals surface area contributed by atoms with Crippen molar-refractivity contribution < 1.29 is 4.74 Å². The average molecular weight is 483 g/mol. The van der Waals surface area contributed by atoms with Crippen LogP contribution in [0.3, 0.4) is 0 Å². The fraction of sp³-hybridized carbons (Fsp3) is 0.480. The molecule has 1 atom stereocenters. The fourth-order valence-electron chi connectivity index (χ4n) is 4.35. The molecule has 33 heavy (non-hydrogen) atoms. The third kappa shape index (κ3) is 4.02. The van der Waals surface area contributed by atoms with Crippen LogP contribution >= 0.6 is 23.1 Å². The summed E-state index contributed by atoms with van der Waals surface area (Å²) in [5, 5.41) is 10.7. The molecule has 4 aromatic rings. The van der Waals surface area contributed by atoms with Gasteiger partial charge in [0.05, 0.1) is 23.8 Å². The third-order valence-electron chi connectivity index (χ3n) is 6.27. The normalized spacial score (nSPS) is 16.4. The summed E-state index contributed by atoms with van der Waals surface area (Å²) < 4.78 is 9.97. The Labute approximate surface area is 202 Å². The molecule has 0 N–H and O–H groups in total. The molecule has 174 valence electrons. The average Bonchev–Trinajstić information content (AvgIpc) is 3.34. The summed E-state index contributed by atoms with van der Waals surface area (Å²) in [5.74, 6) is 2.56. The number of aromatic nitrogens is 4. The summed E-state index contributed by atoms with van der Waals surface area (Å²) in [6.07, 6.45) is 1.99. The van der Waals surface area contributed by atoms with Crippen molar-refractivity contribution in [3.63, 3.8) is 0 Å². The van der Waals surface area contributed by atoms with Crippen molar-refractivity contribution in [1.82, 2.24) is 19.2 Å². The predicted molar refractivity (Wildman–Crippen MR) is 136 cm³/mol. The molecule has 8 heteroatoms. The van der Waals surface area contributed by atoms with Gasteiger partial charge in [0, 0.05) is 17.1 Å². The second-order valence-corrected chi connectivity index (χ2v) is 11.8. The number of benzene rings is 1. The molecule has 0 saturated carbocycles. The highest BCUT2D eigenvalue weighted by Crippen LogP contribution is 2.37. The predicted octanol–water partition coefficient (Wildman–Crippen LogP) is 5.64. The molecule has 5 rings (SSSR count). The number of thiophene rings is 1. The van der Waals surface area contributed by atoms with Gasteiger partial charge >= 0.3 is 0 Å². The van der Waals surface area contributed by atoms with Gasteiger partial charge in [0.1, 0.15) is 4.83 Å². The van der Waals surface area contributed by atoms with Crippen LogP contribution in [0.2, 0.25) is 0 Å². The molecular formula is C25H30N4O2S2. The van der Waals surface area contributed by atoms with Gasteiger partial charge in [-0.1, -0.05) is 51.6 Å². The summed E-state index contributed by atoms with van der Waals surface area (Å²) >= 11 is 3.37. The van der Waals surface area contributed by atoms with Crippen LogP contribution in [-0.2, 0) is 17.8 Å². The number of hydrogen-bond acceptors (Lipinski definition) is 6. The molecule has 0 aliphatic carbocycles. The van der Waals surface area contributed by atoms with Gasteiger partial charge in [0.25, 0.3) is 5.56 Å². The van der Waals surface area contributed by atoms with E-state index in [0.717, 1.165) is 55.7 Å². The molecule has 3 aromatic heterocycles. The van der Waals surface area contributed by atoms with E-state index >= 15 is 0 Å². The first kappa shape index (κ1) is 22.6. The Balaban J connectivity index is 1.78. The Morgan fingerprint density at radius 1 is 1.24 bits per heavy atom. The van der Waals surface area contributed by atoms with E-state index in [-0.39, 0.29) is 11.7 Å². The Hall–Kier alpha value is -2.16. The monoisotopic (exact) mass is 482 g/mol. The van der Waals surface area contributed by atoms with E-state index in [2.05, 4.69) is 42.3 Å². The summed E-state index contributed by atoms with van der Waals surface area (Å²) in [6, 6.07) is 8.03. The molecule has 1 aliphatic rings. The van der Waals surface area contributed by atoms with Gasteiger partial charge in [-0.15, -0.1) is 21.5 Å². The number of aryl methyl sites for hydroxylation is 1. The first-order valence-electron chi connectivity index (χ1n) is 11.6. The van der Waals surface area contributed by atoms with Crippen LogP contribution in [0.5, 0.6) is 0 Å². The largest absolute Gasteiger partial charge is 0.372 e. The topological polar surface area (TPSA) is 61.4 Å². The van der Waals surface area contributed by atoms with Gasteiger partial charge < -0.3 is 4.74 Å². The molecule has 1 aliphatic heterocycles. The van der Waals surface area contributed by atoms with Gasteiger partial charge in [-0.25, -0.2) is 8.97 Å². The summed E-state index contributed by atoms with van der Waals surface area (Å²) in [7, 11) is 0. The zero-order valence-electron chi connectivity index (χ0n) is 19.8. The van der Waals surface area contributed by atoms with Crippen molar-refractivity contribution in [2.75, 3.05) is 5.75 Å². The second kappa shape index (κ2) is 8.89. The summed E-state index contributed by atoms with van der Waals surface area (Å²) in [5.41, 5.74) is 3.05. The maximum atomic E-state index is 14.0. The van der Waals surface area contributed by atoms with Crippen LogP contribution in [0, 0.1) is 18.8 Å². The minimum Gasteiger partial charge on any atom is -0.372 e. The van der Waals surface area contributed by atoms with Gasteiger partial charge in [0.15, 0.2) is 5.16 Å². The van der Waals surface area contributed by atoms with E-state index in [1.165, 1.54) is 0 Å². The lowest BCUT2D eigenvalue weighted by molar-refractivity contribution is 0.00200. The van der Waals surface area contributed by atoms with Crippen molar-refractivity contribution >= 4 is 39.1 Å². The first-order valence-corrected chi connectivity index (χ1v) is 13.4. The van der Waals surface area contributed by atoms with Crippen LogP contribution in [0.25, 0.3) is 21.7 Å². The zero-order chi connectivity index (χ0) is 23.3. The third-order valence-corrected chi connectivity index (χ3v) is 8.42. The van der Waals surface area contributed by atoms with Gasteiger partial charge in [-0.05, 0) is 48.4 Å². The van der Waals surface area contributed by atoms with Crippen molar-refractivity contribution in [1.29, 1.82) is 0 Å². The van der Waals surface area contributed by atoms with Crippen LogP contribution in [0.4, 0.5) is 0 Å². The van der Waals surface area contributed by atoms with E-state index in [4.69, 9.17) is 4.74 Å². The zero-order valence-corrected chi connectivity index (χ0v) is 21.4. The molecule has 0 saturated heterocycles. The smallest absolute Gasteiger partial charge is 0.268 e. The lowest BCUT2D eigenvalue weighted by atomic mass is 9.96. The van der Waals surface area contributed by atoms with Gasteiger partial charge in [-0.2, -0.15) is 0 Å². The maximum absolute atomic E-state index is 14.0. The minimum atomic E-state index is -0.0175. The molecule has 0 amide bonds. The Bertz CT molecular complexity index is 1380. The van der Waals surface area contributed by atoms with E-state index in [0.29, 0.717) is 24.2 Å². The quantitative estimate of drug-likeness (QED) is 0.333. The van der Waals surface area contributed by atoms with Crippen molar-refractivity contribution in [3.05, 3.63) is 50.6 Å². The fourth-order valence-corrected chi connectivity index (χ4v) is 6.82. The number of fused-ring (bicyclic) bond motifs is 5. The summed E-state index contributed by atoms with van der Waals surface area (Å²) in [4.78, 5) is 16.1. The van der Waals surface area contributed by atoms with Crippen LogP contribution in [0.15, 0.2) is 34.2 Å². The molecule has 0 bridgehead atoms. The summed E-state index contributed by atoms with van der Waals surface area (Å²) in [6.45, 7) is 11.4. The van der Waals surface area contributed by atoms with Crippen LogP contribution in [-0.4, -0.2) is 31.0 Å². The molecular weight excluding hydrogens is 452 g/mol. The van der Waals surface area contributed by atoms with Crippen molar-refractivity contribution in [2.24, 2.45) is 11.8 Å². The lowest BCUT2D eigenvalue weighted by Crippen LogP contribution is -2.28. The lowest BCUT2D eigenvalue weighted by Gasteiger charge is -2.26. The highest BCUT2D eigenvalue weighted by molar-refractivity contribution is 7.99. The maximum Gasteiger partial charge on any atom is 0.268 e. The number of ether oxygens (including phenoxy) is 1. The molecule has 1 aromatic carbocycles. The van der Waals surface area contributed by atoms with Gasteiger partial charge in [-0.3, -0.25) is 4.79 Å². The molecule has 0 spiro atoms. The first-order chi connectivity index (χ1) is 15.8. The van der Waals surface area contributed by atoms with Crippen LogP contribution < -0.4 is 5.56 Å². The van der Waals surface area contributed by atoms with Gasteiger partial charge in [0.2, 0.25) is 5.78 Å². The molecule has 0 unspecified atom stereocenters.